The number of amides is 1. The van der Waals surface area contributed by atoms with Crippen LogP contribution in [0.4, 0.5) is 55.7 Å². The molecule has 0 radical (unpaired) electrons. The van der Waals surface area contributed by atoms with E-state index >= 15 is 0 Å². The molecule has 2 aromatic rings. The lowest BCUT2D eigenvalue weighted by Gasteiger charge is -2.46. The average molecular weight is 655 g/mol. The highest BCUT2D eigenvalue weighted by molar-refractivity contribution is 5.98. The smallest absolute Gasteiger partial charge is 0.416 e. The van der Waals surface area contributed by atoms with Gasteiger partial charge in [0.2, 0.25) is 0 Å². The number of anilines is 2. The molecule has 0 aromatic heterocycles. The predicted octanol–water partition coefficient (Wildman–Crippen LogP) is 7.44. The molecule has 2 unspecified atom stereocenters. The van der Waals surface area contributed by atoms with Crippen molar-refractivity contribution in [2.75, 3.05) is 37.0 Å². The fourth-order valence-corrected chi connectivity index (χ4v) is 5.14. The van der Waals surface area contributed by atoms with Gasteiger partial charge in [-0.15, -0.1) is 10.2 Å². The number of benzene rings is 2. The van der Waals surface area contributed by atoms with Crippen LogP contribution < -0.4 is 15.2 Å². The lowest BCUT2D eigenvalue weighted by Crippen LogP contribution is -2.55. The van der Waals surface area contributed by atoms with Crippen molar-refractivity contribution >= 4 is 23.3 Å². The van der Waals surface area contributed by atoms with E-state index in [-0.39, 0.29) is 42.8 Å². The maximum Gasteiger partial charge on any atom is 0.416 e. The van der Waals surface area contributed by atoms with E-state index in [9.17, 15) is 44.3 Å². The Morgan fingerprint density at radius 3 is 2.00 bits per heavy atom. The second-order valence-electron chi connectivity index (χ2n) is 10.6. The number of carbonyl (C=O) groups excluding carboxylic acids is 1. The van der Waals surface area contributed by atoms with Crippen molar-refractivity contribution in [3.8, 4) is 0 Å². The second-order valence-corrected chi connectivity index (χ2v) is 10.6. The van der Waals surface area contributed by atoms with Crippen LogP contribution in [0.15, 0.2) is 41.5 Å². The highest BCUT2D eigenvalue weighted by Gasteiger charge is 2.44. The number of rotatable bonds is 7. The Balaban J connectivity index is 2.00. The fourth-order valence-electron chi connectivity index (χ4n) is 5.14. The van der Waals surface area contributed by atoms with Crippen LogP contribution in [0.1, 0.15) is 61.4 Å². The molecule has 0 aliphatic carbocycles. The summed E-state index contributed by atoms with van der Waals surface area (Å²) in [6.45, 7) is 3.29. The Kier molecular flexibility index (Phi) is 9.43. The van der Waals surface area contributed by atoms with Gasteiger partial charge in [-0.3, -0.25) is 10.3 Å². The Morgan fingerprint density at radius 1 is 0.911 bits per heavy atom. The first kappa shape index (κ1) is 34.0. The molecule has 2 aliphatic rings. The number of nitrogens with one attached hydrogen (secondary N) is 1. The first-order valence-electron chi connectivity index (χ1n) is 13.9. The van der Waals surface area contributed by atoms with Gasteiger partial charge in [-0.2, -0.15) is 39.5 Å². The SMILES string of the molecule is CCCCOC(=O)N1c2ccc(C(F)(F)F)cc2N(C(C2=NN(C)N(C)N2)c2cc(C(F)(F)F)cc(C(F)(F)F)c2)CC1CC. The van der Waals surface area contributed by atoms with E-state index in [4.69, 9.17) is 4.74 Å². The molecule has 248 valence electrons. The molecule has 1 N–H and O–H groups in total. The van der Waals surface area contributed by atoms with Crippen LogP contribution in [0.5, 0.6) is 0 Å². The average Bonchev–Trinajstić information content (AvgIpc) is 3.27. The van der Waals surface area contributed by atoms with Crippen LogP contribution in [0.3, 0.4) is 0 Å². The quantitative estimate of drug-likeness (QED) is 0.248. The third-order valence-corrected chi connectivity index (χ3v) is 7.50. The predicted molar refractivity (Wildman–Crippen MR) is 147 cm³/mol. The summed E-state index contributed by atoms with van der Waals surface area (Å²) in [5, 5.41) is 6.74. The van der Waals surface area contributed by atoms with Crippen LogP contribution in [-0.2, 0) is 23.3 Å². The van der Waals surface area contributed by atoms with E-state index in [1.54, 1.807) is 6.92 Å². The van der Waals surface area contributed by atoms with Gasteiger partial charge in [0.15, 0.2) is 5.84 Å². The number of hydrogen-bond donors (Lipinski definition) is 1. The minimum Gasteiger partial charge on any atom is -0.449 e. The Hall–Kier alpha value is -3.89. The molecule has 2 atom stereocenters. The van der Waals surface area contributed by atoms with Gasteiger partial charge in [0, 0.05) is 20.6 Å². The molecule has 8 nitrogen and oxygen atoms in total. The highest BCUT2D eigenvalue weighted by atomic mass is 19.4. The summed E-state index contributed by atoms with van der Waals surface area (Å²) in [6, 6.07) is 1.12. The molecule has 2 aliphatic heterocycles. The zero-order valence-corrected chi connectivity index (χ0v) is 24.6. The third-order valence-electron chi connectivity index (χ3n) is 7.50. The molecule has 45 heavy (non-hydrogen) atoms. The Morgan fingerprint density at radius 2 is 1.51 bits per heavy atom. The molecule has 17 heteroatoms. The van der Waals surface area contributed by atoms with Gasteiger partial charge in [0.05, 0.1) is 40.7 Å². The molecule has 0 spiro atoms. The monoisotopic (exact) mass is 654 g/mol. The first-order chi connectivity index (χ1) is 20.9. The summed E-state index contributed by atoms with van der Waals surface area (Å²) < 4.78 is 131. The van der Waals surface area contributed by atoms with E-state index in [1.165, 1.54) is 34.1 Å². The fraction of sp³-hybridized carbons (Fsp3) is 0.500. The maximum absolute atomic E-state index is 14.0. The van der Waals surface area contributed by atoms with Gasteiger partial charge in [-0.1, -0.05) is 20.3 Å². The number of fused-ring (bicyclic) bond motifs is 1. The lowest BCUT2D eigenvalue weighted by molar-refractivity contribution is -0.143. The van der Waals surface area contributed by atoms with Crippen LogP contribution in [-0.4, -0.2) is 55.5 Å². The minimum atomic E-state index is -5.19. The van der Waals surface area contributed by atoms with Gasteiger partial charge >= 0.3 is 24.6 Å². The van der Waals surface area contributed by atoms with Crippen molar-refractivity contribution in [2.24, 2.45) is 5.10 Å². The zero-order valence-electron chi connectivity index (χ0n) is 24.6. The van der Waals surface area contributed by atoms with Crippen molar-refractivity contribution in [3.63, 3.8) is 0 Å². The van der Waals surface area contributed by atoms with Crippen molar-refractivity contribution in [3.05, 3.63) is 58.7 Å². The van der Waals surface area contributed by atoms with Crippen molar-refractivity contribution in [1.29, 1.82) is 0 Å². The van der Waals surface area contributed by atoms with Crippen LogP contribution >= 0.6 is 0 Å². The van der Waals surface area contributed by atoms with Gasteiger partial charge in [-0.25, -0.2) is 9.91 Å². The van der Waals surface area contributed by atoms with Crippen LogP contribution in [0, 0.1) is 0 Å². The molecule has 0 saturated heterocycles. The molecule has 0 fully saturated rings. The van der Waals surface area contributed by atoms with E-state index in [0.717, 1.165) is 12.1 Å². The summed E-state index contributed by atoms with van der Waals surface area (Å²) in [7, 11) is 2.91. The van der Waals surface area contributed by atoms with E-state index in [1.807, 2.05) is 6.92 Å². The molecule has 0 bridgehead atoms. The van der Waals surface area contributed by atoms with E-state index in [0.29, 0.717) is 31.0 Å². The first-order valence-corrected chi connectivity index (χ1v) is 13.9. The number of hydrogen-bond acceptors (Lipinski definition) is 7. The summed E-state index contributed by atoms with van der Waals surface area (Å²) in [5.74, 6) is -0.162. The van der Waals surface area contributed by atoms with Gasteiger partial charge in [-0.05, 0) is 54.8 Å². The normalized spacial score (nSPS) is 18.5. The Bertz CT molecular complexity index is 1390. The van der Waals surface area contributed by atoms with Gasteiger partial charge in [0.1, 0.15) is 6.04 Å². The topological polar surface area (TPSA) is 63.7 Å². The second kappa shape index (κ2) is 12.5. The number of unbranched alkanes of at least 4 members (excludes halogenated alkanes) is 1. The van der Waals surface area contributed by atoms with Crippen molar-refractivity contribution < 1.29 is 49.0 Å². The lowest BCUT2D eigenvalue weighted by atomic mass is 9.94. The number of halogens is 9. The number of nitrogens with zero attached hydrogens (tertiary/aromatic N) is 5. The van der Waals surface area contributed by atoms with Crippen molar-refractivity contribution in [1.82, 2.24) is 15.7 Å². The van der Waals surface area contributed by atoms with E-state index in [2.05, 4.69) is 10.5 Å². The number of alkyl halides is 9. The third kappa shape index (κ3) is 7.17. The molecule has 2 aromatic carbocycles. The molecular formula is C28H31F9N6O2. The van der Waals surface area contributed by atoms with Crippen LogP contribution in [0.2, 0.25) is 0 Å². The highest BCUT2D eigenvalue weighted by Crippen LogP contribution is 2.46. The standard InChI is InChI=1S/C28H31F9N6O2/c1-5-7-10-45-25(44)43-20(6-2)15-42(22-14-17(26(29,30)31)8-9-21(22)43)23(24-38-40(3)41(4)39-24)16-11-18(27(32,33)34)13-19(12-16)28(35,36)37/h8-9,11-14,20,23H,5-7,10,15H2,1-4H3,(H,38,39). The number of hydrazone groups is 1. The summed E-state index contributed by atoms with van der Waals surface area (Å²) in [4.78, 5) is 15.7. The molecule has 0 saturated carbocycles. The molecule has 2 heterocycles. The summed E-state index contributed by atoms with van der Waals surface area (Å²) >= 11 is 0. The molecular weight excluding hydrogens is 623 g/mol. The van der Waals surface area contributed by atoms with Crippen LogP contribution in [0.25, 0.3) is 0 Å². The summed E-state index contributed by atoms with van der Waals surface area (Å²) in [6.07, 6.45) is -14.7. The zero-order chi connectivity index (χ0) is 33.5. The molecule has 1 amide bonds. The Labute approximate surface area is 252 Å². The number of carbonyl (C=O) groups is 1. The number of hydrazine groups is 2. The number of ether oxygens (including phenoxy) is 1. The minimum absolute atomic E-state index is 0.0303. The number of amidine groups is 1. The maximum atomic E-state index is 14.0. The van der Waals surface area contributed by atoms with Gasteiger partial charge < -0.3 is 9.64 Å². The van der Waals surface area contributed by atoms with Gasteiger partial charge in [0.25, 0.3) is 0 Å². The van der Waals surface area contributed by atoms with Crippen molar-refractivity contribution in [2.45, 2.75) is 63.7 Å². The summed E-state index contributed by atoms with van der Waals surface area (Å²) in [5.41, 5.74) is -2.44. The molecule has 4 rings (SSSR count). The largest absolute Gasteiger partial charge is 0.449 e. The van der Waals surface area contributed by atoms with E-state index < -0.39 is 59.0 Å².